The summed E-state index contributed by atoms with van der Waals surface area (Å²) in [5.41, 5.74) is 2.49. The van der Waals surface area contributed by atoms with Crippen molar-refractivity contribution in [3.63, 3.8) is 0 Å². The van der Waals surface area contributed by atoms with Gasteiger partial charge in [-0.2, -0.15) is 0 Å². The van der Waals surface area contributed by atoms with E-state index in [1.165, 1.54) is 16.2 Å². The van der Waals surface area contributed by atoms with Crippen LogP contribution in [-0.4, -0.2) is 47.1 Å². The molecule has 0 unspecified atom stereocenters. The summed E-state index contributed by atoms with van der Waals surface area (Å²) in [5, 5.41) is 10.2. The Hall–Kier alpha value is -1.47. The van der Waals surface area contributed by atoms with Crippen molar-refractivity contribution in [3.05, 3.63) is 16.6 Å². The number of hydrogen-bond donors (Lipinski definition) is 1. The lowest BCUT2D eigenvalue weighted by Gasteiger charge is -2.15. The van der Waals surface area contributed by atoms with Crippen LogP contribution in [0.2, 0.25) is 0 Å². The minimum Gasteiger partial charge on any atom is -0.480 e. The number of likely N-dealkylation sites (N-methyl/N-ethyl adjacent to an activating group) is 1. The van der Waals surface area contributed by atoms with Crippen LogP contribution in [0.3, 0.4) is 0 Å². The van der Waals surface area contributed by atoms with E-state index in [9.17, 15) is 9.59 Å². The summed E-state index contributed by atoms with van der Waals surface area (Å²) in [4.78, 5) is 27.1. The first-order valence-corrected chi connectivity index (χ1v) is 5.44. The van der Waals surface area contributed by atoms with E-state index >= 15 is 0 Å². The summed E-state index contributed by atoms with van der Waals surface area (Å²) in [5.74, 6) is -1.36. The Labute approximate surface area is 96.5 Å². The fraction of sp³-hybridized carbons (Fsp3) is 0.444. The lowest BCUT2D eigenvalue weighted by Crippen LogP contribution is -2.30. The zero-order valence-corrected chi connectivity index (χ0v) is 9.57. The van der Waals surface area contributed by atoms with Crippen molar-refractivity contribution in [1.29, 1.82) is 0 Å². The van der Waals surface area contributed by atoms with Gasteiger partial charge in [0.15, 0.2) is 0 Å². The molecule has 0 aliphatic carbocycles. The van der Waals surface area contributed by atoms with Crippen molar-refractivity contribution in [2.45, 2.75) is 6.54 Å². The van der Waals surface area contributed by atoms with Gasteiger partial charge in [0.2, 0.25) is 5.91 Å². The van der Waals surface area contributed by atoms with Crippen LogP contribution in [0.1, 0.15) is 5.69 Å². The number of carbonyl (C=O) groups excluding carboxylic acids is 1. The standard InChI is InChI=1S/C9H12N2O4S/c1-11(2-7-5-16-6-10-7)8(12)3-15-4-9(13)14/h5-6H,2-4H2,1H3,(H,13,14). The van der Waals surface area contributed by atoms with Crippen LogP contribution in [0.25, 0.3) is 0 Å². The van der Waals surface area contributed by atoms with E-state index in [1.54, 1.807) is 12.6 Å². The largest absolute Gasteiger partial charge is 0.480 e. The number of carboxylic acid groups (broad SMARTS) is 1. The normalized spacial score (nSPS) is 10.1. The van der Waals surface area contributed by atoms with Crippen LogP contribution < -0.4 is 0 Å². The number of carbonyl (C=O) groups is 2. The first-order valence-electron chi connectivity index (χ1n) is 4.50. The molecule has 0 radical (unpaired) electrons. The molecular formula is C9H12N2O4S. The Kier molecular flexibility index (Phi) is 4.87. The third-order valence-electron chi connectivity index (χ3n) is 1.76. The molecule has 0 spiro atoms. The summed E-state index contributed by atoms with van der Waals surface area (Å²) in [6, 6.07) is 0. The van der Waals surface area contributed by atoms with Crippen molar-refractivity contribution in [1.82, 2.24) is 9.88 Å². The molecule has 0 aromatic carbocycles. The highest BCUT2D eigenvalue weighted by molar-refractivity contribution is 7.07. The molecule has 0 bridgehead atoms. The van der Waals surface area contributed by atoms with Gasteiger partial charge in [0.05, 0.1) is 17.7 Å². The molecule has 0 atom stereocenters. The van der Waals surface area contributed by atoms with E-state index in [0.29, 0.717) is 6.54 Å². The first kappa shape index (κ1) is 12.6. The zero-order chi connectivity index (χ0) is 12.0. The molecule has 1 heterocycles. The molecule has 1 rings (SSSR count). The highest BCUT2D eigenvalue weighted by Crippen LogP contribution is 2.04. The van der Waals surface area contributed by atoms with Crippen molar-refractivity contribution in [2.75, 3.05) is 20.3 Å². The predicted molar refractivity (Wildman–Crippen MR) is 57.0 cm³/mol. The first-order chi connectivity index (χ1) is 7.59. The van der Waals surface area contributed by atoms with Crippen molar-refractivity contribution in [3.8, 4) is 0 Å². The van der Waals surface area contributed by atoms with E-state index in [4.69, 9.17) is 5.11 Å². The molecule has 1 N–H and O–H groups in total. The Balaban J connectivity index is 2.28. The third kappa shape index (κ3) is 4.37. The number of carboxylic acids is 1. The minimum atomic E-state index is -1.09. The second kappa shape index (κ2) is 6.19. The van der Waals surface area contributed by atoms with Crippen LogP contribution in [0.15, 0.2) is 10.9 Å². The van der Waals surface area contributed by atoms with Gasteiger partial charge in [-0.1, -0.05) is 0 Å². The quantitative estimate of drug-likeness (QED) is 0.773. The molecule has 6 nitrogen and oxygen atoms in total. The molecule has 0 aliphatic heterocycles. The molecule has 0 saturated heterocycles. The lowest BCUT2D eigenvalue weighted by molar-refractivity contribution is -0.145. The highest BCUT2D eigenvalue weighted by atomic mass is 32.1. The van der Waals surface area contributed by atoms with Crippen LogP contribution in [0.4, 0.5) is 0 Å². The molecule has 7 heteroatoms. The number of amides is 1. The Morgan fingerprint density at radius 3 is 2.88 bits per heavy atom. The van der Waals surface area contributed by atoms with Gasteiger partial charge in [0, 0.05) is 12.4 Å². The van der Waals surface area contributed by atoms with Crippen LogP contribution >= 0.6 is 11.3 Å². The fourth-order valence-corrected chi connectivity index (χ4v) is 1.53. The topological polar surface area (TPSA) is 79.7 Å². The molecule has 0 saturated carbocycles. The van der Waals surface area contributed by atoms with Gasteiger partial charge in [-0.05, 0) is 0 Å². The third-order valence-corrected chi connectivity index (χ3v) is 2.39. The Bertz CT molecular complexity index is 352. The minimum absolute atomic E-state index is 0.229. The monoisotopic (exact) mass is 244 g/mol. The second-order valence-electron chi connectivity index (χ2n) is 3.12. The number of nitrogens with zero attached hydrogens (tertiary/aromatic N) is 2. The molecule has 16 heavy (non-hydrogen) atoms. The summed E-state index contributed by atoms with van der Waals surface area (Å²) in [7, 11) is 1.62. The van der Waals surface area contributed by atoms with Gasteiger partial charge >= 0.3 is 5.97 Å². The summed E-state index contributed by atoms with van der Waals surface area (Å²) in [6.07, 6.45) is 0. The van der Waals surface area contributed by atoms with Crippen LogP contribution in [-0.2, 0) is 20.9 Å². The molecule has 1 aromatic heterocycles. The fourth-order valence-electron chi connectivity index (χ4n) is 0.983. The number of hydrogen-bond acceptors (Lipinski definition) is 5. The molecule has 1 amide bonds. The summed E-state index contributed by atoms with van der Waals surface area (Å²) >= 11 is 1.46. The number of rotatable bonds is 6. The molecule has 1 aromatic rings. The number of ether oxygens (including phenoxy) is 1. The van der Waals surface area contributed by atoms with E-state index < -0.39 is 12.6 Å². The molecular weight excluding hydrogens is 232 g/mol. The van der Waals surface area contributed by atoms with Crippen LogP contribution in [0.5, 0.6) is 0 Å². The smallest absolute Gasteiger partial charge is 0.329 e. The van der Waals surface area contributed by atoms with Crippen molar-refractivity contribution in [2.24, 2.45) is 0 Å². The van der Waals surface area contributed by atoms with Crippen molar-refractivity contribution < 1.29 is 19.4 Å². The van der Waals surface area contributed by atoms with E-state index in [2.05, 4.69) is 9.72 Å². The van der Waals surface area contributed by atoms with Gasteiger partial charge in [0.1, 0.15) is 13.2 Å². The maximum Gasteiger partial charge on any atom is 0.329 e. The lowest BCUT2D eigenvalue weighted by atomic mass is 10.4. The van der Waals surface area contributed by atoms with Crippen molar-refractivity contribution >= 4 is 23.2 Å². The zero-order valence-electron chi connectivity index (χ0n) is 8.75. The van der Waals surface area contributed by atoms with Gasteiger partial charge in [-0.25, -0.2) is 9.78 Å². The highest BCUT2D eigenvalue weighted by Gasteiger charge is 2.10. The van der Waals surface area contributed by atoms with Gasteiger partial charge in [-0.3, -0.25) is 4.79 Å². The van der Waals surface area contributed by atoms with E-state index in [1.807, 2.05) is 5.38 Å². The number of thiazole rings is 1. The summed E-state index contributed by atoms with van der Waals surface area (Å²) in [6.45, 7) is -0.290. The van der Waals surface area contributed by atoms with Crippen LogP contribution in [0, 0.1) is 0 Å². The summed E-state index contributed by atoms with van der Waals surface area (Å²) < 4.78 is 4.69. The Morgan fingerprint density at radius 1 is 1.56 bits per heavy atom. The van der Waals surface area contributed by atoms with Gasteiger partial charge in [-0.15, -0.1) is 11.3 Å². The predicted octanol–water partition coefficient (Wildman–Crippen LogP) is 0.203. The number of aromatic nitrogens is 1. The maximum absolute atomic E-state index is 11.4. The van der Waals surface area contributed by atoms with E-state index in [0.717, 1.165) is 5.69 Å². The molecule has 0 fully saturated rings. The van der Waals surface area contributed by atoms with Gasteiger partial charge < -0.3 is 14.7 Å². The molecule has 88 valence electrons. The van der Waals surface area contributed by atoms with E-state index in [-0.39, 0.29) is 12.5 Å². The second-order valence-corrected chi connectivity index (χ2v) is 3.83. The number of aliphatic carboxylic acids is 1. The maximum atomic E-state index is 11.4. The van der Waals surface area contributed by atoms with Gasteiger partial charge in [0.25, 0.3) is 0 Å². The molecule has 0 aliphatic rings. The average molecular weight is 244 g/mol. The SMILES string of the molecule is CN(Cc1cscn1)C(=O)COCC(=O)O. The average Bonchev–Trinajstić information content (AvgIpc) is 2.69. The Morgan fingerprint density at radius 2 is 2.31 bits per heavy atom.